The minimum absolute atomic E-state index is 0.0258. The summed E-state index contributed by atoms with van der Waals surface area (Å²) in [5.41, 5.74) is -2.87. The van der Waals surface area contributed by atoms with Gasteiger partial charge in [0.05, 0.1) is 17.1 Å². The molecule has 2 heterocycles. The van der Waals surface area contributed by atoms with Crippen LogP contribution >= 0.6 is 0 Å². The van der Waals surface area contributed by atoms with Crippen molar-refractivity contribution in [2.24, 2.45) is 10.9 Å². The molecule has 1 aliphatic carbocycles. The van der Waals surface area contributed by atoms with Gasteiger partial charge in [0, 0.05) is 38.0 Å². The van der Waals surface area contributed by atoms with Crippen LogP contribution in [0.3, 0.4) is 0 Å². The molecule has 222 valence electrons. The van der Waals surface area contributed by atoms with Gasteiger partial charge in [-0.05, 0) is 49.5 Å². The summed E-state index contributed by atoms with van der Waals surface area (Å²) >= 11 is 0. The summed E-state index contributed by atoms with van der Waals surface area (Å²) in [7, 11) is -7.33. The molecule has 1 aromatic carbocycles. The second kappa shape index (κ2) is 11.5. The van der Waals surface area contributed by atoms with Gasteiger partial charge in [-0.1, -0.05) is 25.3 Å². The molecule has 10 nitrogen and oxygen atoms in total. The Labute approximate surface area is 232 Å². The van der Waals surface area contributed by atoms with Gasteiger partial charge in [-0.3, -0.25) is 9.79 Å². The van der Waals surface area contributed by atoms with Crippen molar-refractivity contribution in [1.29, 1.82) is 0 Å². The van der Waals surface area contributed by atoms with Crippen LogP contribution in [0.2, 0.25) is 0 Å². The number of alkyl halides is 3. The summed E-state index contributed by atoms with van der Waals surface area (Å²) in [5, 5.41) is 12.5. The topological polar surface area (TPSA) is 136 Å². The lowest BCUT2D eigenvalue weighted by Gasteiger charge is -2.34. The zero-order chi connectivity index (χ0) is 29.3. The lowest BCUT2D eigenvalue weighted by molar-refractivity contribution is -0.137. The third kappa shape index (κ3) is 6.27. The average Bonchev–Trinajstić information content (AvgIpc) is 3.23. The number of nitrogens with one attached hydrogen (secondary N) is 1. The van der Waals surface area contributed by atoms with Gasteiger partial charge < -0.3 is 10.4 Å². The molecule has 0 unspecified atom stereocenters. The fourth-order valence-electron chi connectivity index (χ4n) is 5.33. The molecule has 3 aliphatic rings. The Kier molecular flexibility index (Phi) is 8.81. The maximum atomic E-state index is 13.8. The number of amidine groups is 1. The van der Waals surface area contributed by atoms with E-state index in [9.17, 15) is 34.8 Å². The van der Waals surface area contributed by atoms with Crippen molar-refractivity contribution in [1.82, 2.24) is 13.9 Å². The van der Waals surface area contributed by atoms with Gasteiger partial charge in [-0.25, -0.2) is 16.8 Å². The maximum absolute atomic E-state index is 13.8. The monoisotopic (exact) mass is 606 g/mol. The first-order chi connectivity index (χ1) is 18.7. The van der Waals surface area contributed by atoms with Gasteiger partial charge in [0.1, 0.15) is 11.4 Å². The number of amides is 1. The molecule has 1 aromatic rings. The molecular formula is C25H33F3N4O6S2. The molecule has 0 atom stereocenters. The van der Waals surface area contributed by atoms with Gasteiger partial charge in [0.25, 0.3) is 5.91 Å². The first kappa shape index (κ1) is 30.6. The first-order valence-corrected chi connectivity index (χ1v) is 16.0. The van der Waals surface area contributed by atoms with Crippen molar-refractivity contribution in [3.63, 3.8) is 0 Å². The second-order valence-electron chi connectivity index (χ2n) is 10.4. The van der Waals surface area contributed by atoms with Crippen LogP contribution in [0, 0.1) is 5.92 Å². The van der Waals surface area contributed by atoms with Crippen molar-refractivity contribution >= 4 is 37.9 Å². The minimum Gasteiger partial charge on any atom is -0.395 e. The number of rotatable bonds is 8. The number of sulfonamides is 2. The predicted molar refractivity (Wildman–Crippen MR) is 142 cm³/mol. The molecule has 4 rings (SSSR count). The van der Waals surface area contributed by atoms with E-state index in [2.05, 4.69) is 5.32 Å². The van der Waals surface area contributed by atoms with Crippen molar-refractivity contribution in [3.05, 3.63) is 34.7 Å². The van der Waals surface area contributed by atoms with Gasteiger partial charge in [0.2, 0.25) is 20.0 Å². The van der Waals surface area contributed by atoms with E-state index in [4.69, 9.17) is 10.1 Å². The Balaban J connectivity index is 1.51. The van der Waals surface area contributed by atoms with Crippen LogP contribution in [-0.2, 0) is 31.0 Å². The molecule has 2 aliphatic heterocycles. The number of halogens is 3. The van der Waals surface area contributed by atoms with Gasteiger partial charge >= 0.3 is 6.18 Å². The van der Waals surface area contributed by atoms with Crippen LogP contribution in [-0.4, -0.2) is 81.1 Å². The van der Waals surface area contributed by atoms with Gasteiger partial charge in [-0.2, -0.15) is 21.8 Å². The second-order valence-corrected chi connectivity index (χ2v) is 14.2. The number of piperidine rings is 1. The fraction of sp³-hybridized carbons (Fsp3) is 0.600. The van der Waals surface area contributed by atoms with Crippen molar-refractivity contribution in [2.75, 3.05) is 33.3 Å². The zero-order valence-electron chi connectivity index (χ0n) is 22.0. The summed E-state index contributed by atoms with van der Waals surface area (Å²) in [5.74, 6) is 0.629. The molecule has 0 aromatic heterocycles. The van der Waals surface area contributed by atoms with E-state index < -0.39 is 54.4 Å². The lowest BCUT2D eigenvalue weighted by atomic mass is 9.88. The Bertz CT molecular complexity index is 1400. The van der Waals surface area contributed by atoms with Crippen molar-refractivity contribution < 1.29 is 39.9 Å². The number of aliphatic hydroxyl groups is 1. The smallest absolute Gasteiger partial charge is 0.395 e. The molecule has 2 N–H and O–H groups in total. The molecule has 1 spiro atoms. The van der Waals surface area contributed by atoms with Gasteiger partial charge in [0.15, 0.2) is 0 Å². The largest absolute Gasteiger partial charge is 0.417 e. The Morgan fingerprint density at radius 2 is 1.80 bits per heavy atom. The van der Waals surface area contributed by atoms with E-state index in [1.165, 1.54) is 0 Å². The number of aliphatic imine (C=N–C) groups is 1. The van der Waals surface area contributed by atoms with Crippen molar-refractivity contribution in [2.45, 2.75) is 61.6 Å². The molecule has 1 saturated heterocycles. The zero-order valence-corrected chi connectivity index (χ0v) is 23.7. The Morgan fingerprint density at radius 1 is 1.15 bits per heavy atom. The third-order valence-electron chi connectivity index (χ3n) is 7.77. The predicted octanol–water partition coefficient (Wildman–Crippen LogP) is 2.56. The molecular weight excluding hydrogens is 573 g/mol. The van der Waals surface area contributed by atoms with E-state index in [0.717, 1.165) is 66.0 Å². The van der Waals surface area contributed by atoms with E-state index >= 15 is 0 Å². The summed E-state index contributed by atoms with van der Waals surface area (Å²) in [6, 6.07) is 2.29. The van der Waals surface area contributed by atoms with E-state index in [0.29, 0.717) is 17.3 Å². The highest BCUT2D eigenvalue weighted by Gasteiger charge is 2.48. The van der Waals surface area contributed by atoms with Crippen LogP contribution < -0.4 is 5.32 Å². The van der Waals surface area contributed by atoms with Crippen LogP contribution in [0.5, 0.6) is 0 Å². The molecule has 1 saturated carbocycles. The number of hydrogen-bond donors (Lipinski definition) is 2. The highest BCUT2D eigenvalue weighted by atomic mass is 32.2. The number of carbonyl (C=O) groups excluding carboxylic acids is 1. The maximum Gasteiger partial charge on any atom is 0.417 e. The van der Waals surface area contributed by atoms with Crippen LogP contribution in [0.15, 0.2) is 33.5 Å². The van der Waals surface area contributed by atoms with E-state index in [-0.39, 0.29) is 44.3 Å². The van der Waals surface area contributed by atoms with Crippen LogP contribution in [0.4, 0.5) is 13.2 Å². The van der Waals surface area contributed by atoms with Crippen LogP contribution in [0.1, 0.15) is 56.1 Å². The quantitative estimate of drug-likeness (QED) is 0.467. The SMILES string of the molecule is CN(CCO)S(=O)(=O)c1ccc(/C=C/S(=O)(=O)N2CCC3(CC2)N=C(C2CCCCC2)NC3=O)c(C(F)(F)F)c1. The van der Waals surface area contributed by atoms with E-state index in [1.54, 1.807) is 0 Å². The summed E-state index contributed by atoms with van der Waals surface area (Å²) in [4.78, 5) is 16.9. The Morgan fingerprint density at radius 3 is 2.40 bits per heavy atom. The van der Waals surface area contributed by atoms with Gasteiger partial charge in [-0.15, -0.1) is 0 Å². The van der Waals surface area contributed by atoms with E-state index in [1.807, 2.05) is 0 Å². The van der Waals surface area contributed by atoms with Crippen molar-refractivity contribution in [3.8, 4) is 0 Å². The molecule has 15 heteroatoms. The fourth-order valence-corrected chi connectivity index (χ4v) is 7.70. The highest BCUT2D eigenvalue weighted by molar-refractivity contribution is 7.92. The number of nitrogens with zero attached hydrogens (tertiary/aromatic N) is 3. The average molecular weight is 607 g/mol. The summed E-state index contributed by atoms with van der Waals surface area (Å²) in [6.07, 6.45) is 1.33. The molecule has 2 fully saturated rings. The molecule has 1 amide bonds. The third-order valence-corrected chi connectivity index (χ3v) is 11.2. The van der Waals surface area contributed by atoms with Crippen LogP contribution in [0.25, 0.3) is 6.08 Å². The number of carbonyl (C=O) groups is 1. The first-order valence-electron chi connectivity index (χ1n) is 13.1. The normalized spacial score (nSPS) is 21.4. The standard InChI is InChI=1S/C25H33F3N4O6S2/c1-31(14-15-33)40(37,38)20-8-7-18(21(17-20)25(26,27)28)9-16-39(35,36)32-12-10-24(11-13-32)23(34)29-22(30-24)19-5-3-2-4-6-19/h7-9,16-17,19,33H,2-6,10-15H2,1H3,(H,29,30,34)/b16-9+. The summed E-state index contributed by atoms with van der Waals surface area (Å²) < 4.78 is 94.4. The number of likely N-dealkylation sites (N-methyl/N-ethyl adjacent to an activating group) is 1. The molecule has 0 radical (unpaired) electrons. The highest BCUT2D eigenvalue weighted by Crippen LogP contribution is 2.37. The minimum atomic E-state index is -4.97. The Hall–Kier alpha value is -2.33. The number of hydrogen-bond acceptors (Lipinski definition) is 7. The summed E-state index contributed by atoms with van der Waals surface area (Å²) in [6.45, 7) is -0.878. The number of benzene rings is 1. The number of aliphatic hydroxyl groups excluding tert-OH is 1. The lowest BCUT2D eigenvalue weighted by Crippen LogP contribution is -2.50. The molecule has 40 heavy (non-hydrogen) atoms. The molecule has 0 bridgehead atoms.